The van der Waals surface area contributed by atoms with Crippen LogP contribution in [0.2, 0.25) is 10.0 Å². The van der Waals surface area contributed by atoms with E-state index < -0.39 is 0 Å². The Morgan fingerprint density at radius 3 is 2.80 bits per heavy atom. The Labute approximate surface area is 98.6 Å². The second-order valence-electron chi connectivity index (χ2n) is 3.75. The second kappa shape index (κ2) is 4.42. The molecule has 2 rings (SSSR count). The van der Waals surface area contributed by atoms with Crippen molar-refractivity contribution in [2.75, 3.05) is 6.54 Å². The second-order valence-corrected chi connectivity index (χ2v) is 4.54. The van der Waals surface area contributed by atoms with E-state index in [1.54, 1.807) is 18.2 Å². The molecule has 0 spiro atoms. The summed E-state index contributed by atoms with van der Waals surface area (Å²) in [5, 5.41) is 3.59. The van der Waals surface area contributed by atoms with E-state index in [0.717, 1.165) is 6.54 Å². The van der Waals surface area contributed by atoms with Crippen molar-refractivity contribution in [2.24, 2.45) is 5.92 Å². The summed E-state index contributed by atoms with van der Waals surface area (Å²) >= 11 is 11.7. The van der Waals surface area contributed by atoms with Crippen molar-refractivity contribution in [3.8, 4) is 0 Å². The standard InChI is InChI=1S/C11H11Cl2NO/c12-9-3-1-2-8(10(9)13)11(15)14-6-7-4-5-7/h1-3,7H,4-6H2,(H,14,15). The monoisotopic (exact) mass is 243 g/mol. The minimum Gasteiger partial charge on any atom is -0.352 e. The van der Waals surface area contributed by atoms with Gasteiger partial charge in [0, 0.05) is 6.54 Å². The maximum Gasteiger partial charge on any atom is 0.252 e. The van der Waals surface area contributed by atoms with Crippen LogP contribution in [0.5, 0.6) is 0 Å². The van der Waals surface area contributed by atoms with E-state index in [2.05, 4.69) is 5.32 Å². The van der Waals surface area contributed by atoms with Crippen LogP contribution in [0.4, 0.5) is 0 Å². The van der Waals surface area contributed by atoms with Gasteiger partial charge < -0.3 is 5.32 Å². The van der Waals surface area contributed by atoms with Crippen LogP contribution < -0.4 is 5.32 Å². The van der Waals surface area contributed by atoms with E-state index in [-0.39, 0.29) is 5.91 Å². The van der Waals surface area contributed by atoms with Gasteiger partial charge in [0.05, 0.1) is 15.6 Å². The molecule has 0 unspecified atom stereocenters. The Bertz CT molecular complexity index is 388. The van der Waals surface area contributed by atoms with Crippen molar-refractivity contribution >= 4 is 29.1 Å². The molecule has 1 fully saturated rings. The van der Waals surface area contributed by atoms with E-state index in [1.165, 1.54) is 12.8 Å². The number of benzene rings is 1. The van der Waals surface area contributed by atoms with Gasteiger partial charge in [-0.2, -0.15) is 0 Å². The maximum atomic E-state index is 11.7. The predicted molar refractivity (Wildman–Crippen MR) is 61.5 cm³/mol. The van der Waals surface area contributed by atoms with Gasteiger partial charge >= 0.3 is 0 Å². The number of hydrogen-bond donors (Lipinski definition) is 1. The van der Waals surface area contributed by atoms with Gasteiger partial charge in [-0.05, 0) is 30.9 Å². The molecule has 80 valence electrons. The maximum absolute atomic E-state index is 11.7. The number of halogens is 2. The first-order chi connectivity index (χ1) is 7.18. The van der Waals surface area contributed by atoms with E-state index in [1.807, 2.05) is 0 Å². The summed E-state index contributed by atoms with van der Waals surface area (Å²) in [6, 6.07) is 5.07. The molecule has 1 aliphatic carbocycles. The van der Waals surface area contributed by atoms with Gasteiger partial charge in [0.1, 0.15) is 0 Å². The zero-order chi connectivity index (χ0) is 10.8. The molecular weight excluding hydrogens is 233 g/mol. The molecule has 1 N–H and O–H groups in total. The molecule has 0 bridgehead atoms. The molecule has 1 aromatic carbocycles. The first-order valence-corrected chi connectivity index (χ1v) is 5.66. The zero-order valence-electron chi connectivity index (χ0n) is 8.09. The summed E-state index contributed by atoms with van der Waals surface area (Å²) in [5.41, 5.74) is 0.449. The van der Waals surface area contributed by atoms with Crippen LogP contribution in [-0.2, 0) is 0 Å². The summed E-state index contributed by atoms with van der Waals surface area (Å²) in [7, 11) is 0. The molecule has 0 radical (unpaired) electrons. The molecule has 15 heavy (non-hydrogen) atoms. The van der Waals surface area contributed by atoms with Crippen LogP contribution in [0.15, 0.2) is 18.2 Å². The van der Waals surface area contributed by atoms with Crippen molar-refractivity contribution in [2.45, 2.75) is 12.8 Å². The number of amides is 1. The molecule has 0 aromatic heterocycles. The van der Waals surface area contributed by atoms with Gasteiger partial charge in [-0.3, -0.25) is 4.79 Å². The molecule has 1 aliphatic rings. The van der Waals surface area contributed by atoms with Gasteiger partial charge in [0.25, 0.3) is 5.91 Å². The SMILES string of the molecule is O=C(NCC1CC1)c1cccc(Cl)c1Cl. The van der Waals surface area contributed by atoms with Crippen molar-refractivity contribution in [1.82, 2.24) is 5.32 Å². The number of carbonyl (C=O) groups excluding carboxylic acids is 1. The fraction of sp³-hybridized carbons (Fsp3) is 0.364. The van der Waals surface area contributed by atoms with Crippen molar-refractivity contribution in [3.63, 3.8) is 0 Å². The molecule has 4 heteroatoms. The molecular formula is C11H11Cl2NO. The molecule has 0 aliphatic heterocycles. The lowest BCUT2D eigenvalue weighted by Gasteiger charge is -2.06. The Hall–Kier alpha value is -0.730. The highest BCUT2D eigenvalue weighted by Crippen LogP contribution is 2.28. The Balaban J connectivity index is 2.06. The van der Waals surface area contributed by atoms with Gasteiger partial charge in [0.2, 0.25) is 0 Å². The number of rotatable bonds is 3. The first-order valence-electron chi connectivity index (χ1n) is 4.90. The van der Waals surface area contributed by atoms with E-state index in [4.69, 9.17) is 23.2 Å². The largest absolute Gasteiger partial charge is 0.352 e. The quantitative estimate of drug-likeness (QED) is 0.869. The lowest BCUT2D eigenvalue weighted by molar-refractivity contribution is 0.0952. The van der Waals surface area contributed by atoms with Gasteiger partial charge in [-0.15, -0.1) is 0 Å². The Morgan fingerprint density at radius 2 is 2.13 bits per heavy atom. The lowest BCUT2D eigenvalue weighted by Crippen LogP contribution is -2.25. The van der Waals surface area contributed by atoms with E-state index >= 15 is 0 Å². The summed E-state index contributed by atoms with van der Waals surface area (Å²) in [4.78, 5) is 11.7. The number of hydrogen-bond acceptors (Lipinski definition) is 1. The predicted octanol–water partition coefficient (Wildman–Crippen LogP) is 3.13. The molecule has 0 heterocycles. The van der Waals surface area contributed by atoms with Crippen molar-refractivity contribution in [3.05, 3.63) is 33.8 Å². The molecule has 1 saturated carbocycles. The van der Waals surface area contributed by atoms with Crippen LogP contribution in [0, 0.1) is 5.92 Å². The normalized spacial score (nSPS) is 15.1. The first kappa shape index (κ1) is 10.8. The van der Waals surface area contributed by atoms with Crippen LogP contribution in [-0.4, -0.2) is 12.5 Å². The minimum atomic E-state index is -0.144. The molecule has 0 saturated heterocycles. The minimum absolute atomic E-state index is 0.144. The van der Waals surface area contributed by atoms with Gasteiger partial charge in [-0.1, -0.05) is 29.3 Å². The van der Waals surface area contributed by atoms with Crippen LogP contribution in [0.1, 0.15) is 23.2 Å². The van der Waals surface area contributed by atoms with Gasteiger partial charge in [0.15, 0.2) is 0 Å². The number of nitrogens with one attached hydrogen (secondary N) is 1. The van der Waals surface area contributed by atoms with Crippen LogP contribution in [0.25, 0.3) is 0 Å². The summed E-state index contributed by atoms with van der Waals surface area (Å²) in [6.45, 7) is 0.738. The lowest BCUT2D eigenvalue weighted by atomic mass is 10.2. The third-order valence-corrected chi connectivity index (χ3v) is 3.26. The highest BCUT2D eigenvalue weighted by molar-refractivity contribution is 6.43. The summed E-state index contributed by atoms with van der Waals surface area (Å²) < 4.78 is 0. The third kappa shape index (κ3) is 2.64. The highest BCUT2D eigenvalue weighted by Gasteiger charge is 2.22. The average Bonchev–Trinajstić information content (AvgIpc) is 3.02. The van der Waals surface area contributed by atoms with Crippen LogP contribution >= 0.6 is 23.2 Å². The van der Waals surface area contributed by atoms with E-state index in [0.29, 0.717) is 21.5 Å². The van der Waals surface area contributed by atoms with Crippen LogP contribution in [0.3, 0.4) is 0 Å². The number of carbonyl (C=O) groups is 1. The van der Waals surface area contributed by atoms with Crippen molar-refractivity contribution < 1.29 is 4.79 Å². The fourth-order valence-corrected chi connectivity index (χ4v) is 1.72. The molecule has 1 amide bonds. The molecule has 1 aromatic rings. The summed E-state index contributed by atoms with van der Waals surface area (Å²) in [5.74, 6) is 0.515. The summed E-state index contributed by atoms with van der Waals surface area (Å²) in [6.07, 6.45) is 2.42. The Kier molecular flexibility index (Phi) is 3.17. The topological polar surface area (TPSA) is 29.1 Å². The average molecular weight is 244 g/mol. The van der Waals surface area contributed by atoms with E-state index in [9.17, 15) is 4.79 Å². The molecule has 2 nitrogen and oxygen atoms in total. The fourth-order valence-electron chi connectivity index (χ4n) is 1.33. The molecule has 0 atom stereocenters. The third-order valence-electron chi connectivity index (χ3n) is 2.44. The smallest absolute Gasteiger partial charge is 0.252 e. The Morgan fingerprint density at radius 1 is 1.40 bits per heavy atom. The van der Waals surface area contributed by atoms with Gasteiger partial charge in [-0.25, -0.2) is 0 Å². The zero-order valence-corrected chi connectivity index (χ0v) is 9.61. The van der Waals surface area contributed by atoms with Crippen molar-refractivity contribution in [1.29, 1.82) is 0 Å². The highest BCUT2D eigenvalue weighted by atomic mass is 35.5.